The third-order valence-corrected chi connectivity index (χ3v) is 4.37. The zero-order valence-corrected chi connectivity index (χ0v) is 13.7. The summed E-state index contributed by atoms with van der Waals surface area (Å²) in [5.74, 6) is 0.777. The molecule has 2 heterocycles. The van der Waals surface area contributed by atoms with Gasteiger partial charge in [-0.3, -0.25) is 4.79 Å². The number of aromatic nitrogens is 1. The summed E-state index contributed by atoms with van der Waals surface area (Å²) < 4.78 is 5.30. The Hall–Kier alpha value is -2.14. The van der Waals surface area contributed by atoms with Crippen LogP contribution in [0.4, 0.5) is 0 Å². The zero-order chi connectivity index (χ0) is 16.2. The molecule has 5 nitrogen and oxygen atoms in total. The molecule has 1 aromatic carbocycles. The van der Waals surface area contributed by atoms with E-state index in [0.717, 1.165) is 38.0 Å². The summed E-state index contributed by atoms with van der Waals surface area (Å²) in [5.41, 5.74) is 2.86. The van der Waals surface area contributed by atoms with Gasteiger partial charge in [-0.05, 0) is 39.3 Å². The van der Waals surface area contributed by atoms with E-state index in [9.17, 15) is 4.79 Å². The standard InChI is InChI=1S/C18H23N3O2/c1-13-5-7-15(8-6-13)16-10-17(23-20-16)18(22)21-9-3-4-14(12-21)11-19-2/h5-8,10,14,19H,3-4,9,11-12H2,1-2H3/t14-/m1/s1. The quantitative estimate of drug-likeness (QED) is 0.943. The zero-order valence-electron chi connectivity index (χ0n) is 13.7. The van der Waals surface area contributed by atoms with Crippen molar-refractivity contribution in [3.05, 3.63) is 41.7 Å². The van der Waals surface area contributed by atoms with Gasteiger partial charge in [-0.15, -0.1) is 0 Å². The van der Waals surface area contributed by atoms with Gasteiger partial charge in [0.2, 0.25) is 5.76 Å². The van der Waals surface area contributed by atoms with Crippen LogP contribution in [0, 0.1) is 12.8 Å². The minimum atomic E-state index is -0.0586. The summed E-state index contributed by atoms with van der Waals surface area (Å²) in [4.78, 5) is 14.5. The molecule has 0 spiro atoms. The molecule has 2 aromatic rings. The minimum Gasteiger partial charge on any atom is -0.350 e. The molecular formula is C18H23N3O2. The third kappa shape index (κ3) is 3.62. The van der Waals surface area contributed by atoms with Crippen LogP contribution in [-0.2, 0) is 0 Å². The van der Waals surface area contributed by atoms with E-state index in [-0.39, 0.29) is 5.91 Å². The molecule has 1 aromatic heterocycles. The molecule has 1 aliphatic rings. The Morgan fingerprint density at radius 1 is 1.39 bits per heavy atom. The molecule has 5 heteroatoms. The monoisotopic (exact) mass is 313 g/mol. The van der Waals surface area contributed by atoms with E-state index in [1.54, 1.807) is 6.07 Å². The predicted octanol–water partition coefficient (Wildman–Crippen LogP) is 2.72. The topological polar surface area (TPSA) is 58.4 Å². The number of rotatable bonds is 4. The molecule has 0 unspecified atom stereocenters. The van der Waals surface area contributed by atoms with E-state index >= 15 is 0 Å². The Balaban J connectivity index is 1.72. The van der Waals surface area contributed by atoms with Crippen molar-refractivity contribution < 1.29 is 9.32 Å². The summed E-state index contributed by atoms with van der Waals surface area (Å²) in [7, 11) is 1.95. The van der Waals surface area contributed by atoms with E-state index in [2.05, 4.69) is 10.5 Å². The predicted molar refractivity (Wildman–Crippen MR) is 89.2 cm³/mol. The summed E-state index contributed by atoms with van der Waals surface area (Å²) in [6.45, 7) is 4.55. The van der Waals surface area contributed by atoms with E-state index in [4.69, 9.17) is 4.52 Å². The van der Waals surface area contributed by atoms with E-state index in [0.29, 0.717) is 17.4 Å². The van der Waals surface area contributed by atoms with E-state index in [1.165, 1.54) is 5.56 Å². The van der Waals surface area contributed by atoms with E-state index in [1.807, 2.05) is 43.1 Å². The average molecular weight is 313 g/mol. The van der Waals surface area contributed by atoms with Crippen molar-refractivity contribution in [2.45, 2.75) is 19.8 Å². The number of nitrogens with zero attached hydrogens (tertiary/aromatic N) is 2. The fourth-order valence-electron chi connectivity index (χ4n) is 3.10. The number of nitrogens with one attached hydrogen (secondary N) is 1. The van der Waals surface area contributed by atoms with Gasteiger partial charge in [-0.1, -0.05) is 35.0 Å². The first-order valence-electron chi connectivity index (χ1n) is 8.15. The number of carbonyl (C=O) groups is 1. The Kier molecular flexibility index (Phi) is 4.76. The number of likely N-dealkylation sites (tertiary alicyclic amines) is 1. The van der Waals surface area contributed by atoms with Gasteiger partial charge < -0.3 is 14.7 Å². The Labute approximate surface area is 136 Å². The van der Waals surface area contributed by atoms with Crippen LogP contribution < -0.4 is 5.32 Å². The Morgan fingerprint density at radius 2 is 2.17 bits per heavy atom. The molecule has 1 aliphatic heterocycles. The van der Waals surface area contributed by atoms with Gasteiger partial charge in [0.05, 0.1) is 0 Å². The molecule has 0 radical (unpaired) electrons. The summed E-state index contributed by atoms with van der Waals surface area (Å²) in [5, 5.41) is 7.25. The highest BCUT2D eigenvalue weighted by Crippen LogP contribution is 2.22. The van der Waals surface area contributed by atoms with Crippen molar-refractivity contribution in [1.82, 2.24) is 15.4 Å². The van der Waals surface area contributed by atoms with Crippen LogP contribution in [0.2, 0.25) is 0 Å². The van der Waals surface area contributed by atoms with Crippen molar-refractivity contribution in [2.24, 2.45) is 5.92 Å². The summed E-state index contributed by atoms with van der Waals surface area (Å²) in [6, 6.07) is 9.78. The SMILES string of the molecule is CNC[C@H]1CCCN(C(=O)c2cc(-c3ccc(C)cc3)no2)C1. The number of hydrogen-bond acceptors (Lipinski definition) is 4. The lowest BCUT2D eigenvalue weighted by Crippen LogP contribution is -2.42. The van der Waals surface area contributed by atoms with Gasteiger partial charge in [-0.25, -0.2) is 0 Å². The fourth-order valence-corrected chi connectivity index (χ4v) is 3.10. The lowest BCUT2D eigenvalue weighted by atomic mass is 9.98. The van der Waals surface area contributed by atoms with Crippen LogP contribution >= 0.6 is 0 Å². The highest BCUT2D eigenvalue weighted by atomic mass is 16.5. The van der Waals surface area contributed by atoms with Gasteiger partial charge in [0.15, 0.2) is 0 Å². The van der Waals surface area contributed by atoms with Crippen LogP contribution in [0.25, 0.3) is 11.3 Å². The fraction of sp³-hybridized carbons (Fsp3) is 0.444. The summed E-state index contributed by atoms with van der Waals surface area (Å²) >= 11 is 0. The maximum absolute atomic E-state index is 12.6. The van der Waals surface area contributed by atoms with Crippen LogP contribution in [0.1, 0.15) is 29.0 Å². The van der Waals surface area contributed by atoms with Gasteiger partial charge in [0, 0.05) is 24.7 Å². The largest absolute Gasteiger partial charge is 0.350 e. The lowest BCUT2D eigenvalue weighted by molar-refractivity contribution is 0.0632. The molecule has 122 valence electrons. The number of carbonyl (C=O) groups excluding carboxylic acids is 1. The molecule has 1 fully saturated rings. The van der Waals surface area contributed by atoms with Crippen LogP contribution in [0.5, 0.6) is 0 Å². The Bertz CT molecular complexity index is 661. The maximum Gasteiger partial charge on any atom is 0.292 e. The number of piperidine rings is 1. The first kappa shape index (κ1) is 15.7. The molecule has 23 heavy (non-hydrogen) atoms. The first-order chi connectivity index (χ1) is 11.2. The second-order valence-electron chi connectivity index (χ2n) is 6.26. The number of hydrogen-bond donors (Lipinski definition) is 1. The molecule has 0 aliphatic carbocycles. The van der Waals surface area contributed by atoms with Crippen molar-refractivity contribution in [2.75, 3.05) is 26.7 Å². The van der Waals surface area contributed by atoms with E-state index < -0.39 is 0 Å². The molecule has 0 bridgehead atoms. The lowest BCUT2D eigenvalue weighted by Gasteiger charge is -2.31. The number of aryl methyl sites for hydroxylation is 1. The second-order valence-corrected chi connectivity index (χ2v) is 6.26. The number of benzene rings is 1. The van der Waals surface area contributed by atoms with Crippen LogP contribution in [-0.4, -0.2) is 42.6 Å². The van der Waals surface area contributed by atoms with Crippen LogP contribution in [0.15, 0.2) is 34.9 Å². The van der Waals surface area contributed by atoms with Gasteiger partial charge in [0.1, 0.15) is 5.69 Å². The first-order valence-corrected chi connectivity index (χ1v) is 8.15. The van der Waals surface area contributed by atoms with Crippen molar-refractivity contribution in [3.63, 3.8) is 0 Å². The molecule has 1 N–H and O–H groups in total. The Morgan fingerprint density at radius 3 is 2.91 bits per heavy atom. The highest BCUT2D eigenvalue weighted by molar-refractivity contribution is 5.92. The molecule has 3 rings (SSSR count). The molecule has 1 amide bonds. The van der Waals surface area contributed by atoms with Crippen molar-refractivity contribution in [1.29, 1.82) is 0 Å². The smallest absolute Gasteiger partial charge is 0.292 e. The molecule has 0 saturated carbocycles. The van der Waals surface area contributed by atoms with Crippen molar-refractivity contribution >= 4 is 5.91 Å². The maximum atomic E-state index is 12.6. The summed E-state index contributed by atoms with van der Waals surface area (Å²) in [6.07, 6.45) is 2.20. The average Bonchev–Trinajstić information content (AvgIpc) is 3.05. The van der Waals surface area contributed by atoms with Gasteiger partial charge in [0.25, 0.3) is 5.91 Å². The van der Waals surface area contributed by atoms with Gasteiger partial charge in [-0.2, -0.15) is 0 Å². The van der Waals surface area contributed by atoms with Gasteiger partial charge >= 0.3 is 0 Å². The van der Waals surface area contributed by atoms with Crippen molar-refractivity contribution in [3.8, 4) is 11.3 Å². The number of amides is 1. The molecule has 1 saturated heterocycles. The third-order valence-electron chi connectivity index (χ3n) is 4.37. The molecule has 1 atom stereocenters. The normalized spacial score (nSPS) is 18.2. The molecular weight excluding hydrogens is 290 g/mol. The minimum absolute atomic E-state index is 0.0586. The second kappa shape index (κ2) is 6.96. The highest BCUT2D eigenvalue weighted by Gasteiger charge is 2.26. The van der Waals surface area contributed by atoms with Crippen LogP contribution in [0.3, 0.4) is 0 Å².